The molecule has 0 bridgehead atoms. The van der Waals surface area contributed by atoms with Crippen LogP contribution in [0.15, 0.2) is 78.9 Å². The van der Waals surface area contributed by atoms with Gasteiger partial charge in [-0.2, -0.15) is 0 Å². The number of benzene rings is 3. The zero-order valence-corrected chi connectivity index (χ0v) is 21.4. The molecule has 0 radical (unpaired) electrons. The van der Waals surface area contributed by atoms with Crippen LogP contribution in [-0.4, -0.2) is 29.9 Å². The predicted octanol–water partition coefficient (Wildman–Crippen LogP) is 7.19. The normalized spacial score (nSPS) is 27.3. The van der Waals surface area contributed by atoms with Crippen molar-refractivity contribution in [2.24, 2.45) is 5.92 Å². The van der Waals surface area contributed by atoms with Gasteiger partial charge >= 0.3 is 0 Å². The molecule has 1 amide bonds. The SMILES string of the molecule is Cc1cc(NC(=O)c2ccccc2)ccc1C1CCC(N2CCC3(C=Cc4ccccc43)[C@@H](C)C2)C1. The number of nitrogens with zero attached hydrogens (tertiary/aromatic N) is 1. The highest BCUT2D eigenvalue weighted by Gasteiger charge is 2.45. The average molecular weight is 477 g/mol. The van der Waals surface area contributed by atoms with Crippen LogP contribution in [-0.2, 0) is 5.41 Å². The summed E-state index contributed by atoms with van der Waals surface area (Å²) in [5.41, 5.74) is 7.47. The van der Waals surface area contributed by atoms with E-state index in [1.54, 1.807) is 0 Å². The lowest BCUT2D eigenvalue weighted by molar-refractivity contribution is 0.0898. The van der Waals surface area contributed by atoms with Crippen molar-refractivity contribution in [2.75, 3.05) is 18.4 Å². The summed E-state index contributed by atoms with van der Waals surface area (Å²) in [5, 5.41) is 3.06. The first-order valence-corrected chi connectivity index (χ1v) is 13.5. The lowest BCUT2D eigenvalue weighted by Crippen LogP contribution is -2.50. The number of rotatable bonds is 4. The molecule has 1 saturated heterocycles. The quantitative estimate of drug-likeness (QED) is 0.432. The molecule has 36 heavy (non-hydrogen) atoms. The minimum atomic E-state index is -0.0552. The van der Waals surface area contributed by atoms with Crippen molar-refractivity contribution in [3.8, 4) is 0 Å². The summed E-state index contributed by atoms with van der Waals surface area (Å²) in [4.78, 5) is 15.3. The molecule has 0 aromatic heterocycles. The molecule has 2 fully saturated rings. The van der Waals surface area contributed by atoms with E-state index < -0.39 is 0 Å². The number of hydrogen-bond donors (Lipinski definition) is 1. The molecule has 3 aromatic rings. The summed E-state index contributed by atoms with van der Waals surface area (Å²) in [6, 6.07) is 25.5. The number of amides is 1. The summed E-state index contributed by atoms with van der Waals surface area (Å²) >= 11 is 0. The van der Waals surface area contributed by atoms with Gasteiger partial charge in [0.2, 0.25) is 0 Å². The minimum Gasteiger partial charge on any atom is -0.322 e. The molecular formula is C33H36N2O. The maximum atomic E-state index is 12.6. The van der Waals surface area contributed by atoms with Crippen LogP contribution >= 0.6 is 0 Å². The Kier molecular flexibility index (Phi) is 6.05. The third kappa shape index (κ3) is 4.10. The van der Waals surface area contributed by atoms with Gasteiger partial charge in [0, 0.05) is 29.3 Å². The molecule has 184 valence electrons. The zero-order valence-electron chi connectivity index (χ0n) is 21.4. The van der Waals surface area contributed by atoms with Crippen molar-refractivity contribution in [1.29, 1.82) is 0 Å². The molecule has 3 unspecified atom stereocenters. The number of carbonyl (C=O) groups excluding carboxylic acids is 1. The van der Waals surface area contributed by atoms with Gasteiger partial charge in [0.05, 0.1) is 0 Å². The number of carbonyl (C=O) groups is 1. The molecule has 3 nitrogen and oxygen atoms in total. The molecule has 3 aromatic carbocycles. The van der Waals surface area contributed by atoms with Crippen molar-refractivity contribution in [2.45, 2.75) is 56.9 Å². The van der Waals surface area contributed by atoms with Gasteiger partial charge in [-0.05, 0) is 97.5 Å². The Morgan fingerprint density at radius 3 is 2.61 bits per heavy atom. The predicted molar refractivity (Wildman–Crippen MR) is 148 cm³/mol. The number of anilines is 1. The van der Waals surface area contributed by atoms with Crippen LogP contribution < -0.4 is 5.32 Å². The number of allylic oxidation sites excluding steroid dienone is 1. The molecule has 6 rings (SSSR count). The Morgan fingerprint density at radius 2 is 1.81 bits per heavy atom. The van der Waals surface area contributed by atoms with Crippen molar-refractivity contribution in [1.82, 2.24) is 4.90 Å². The number of aryl methyl sites for hydroxylation is 1. The molecule has 2 aliphatic carbocycles. The number of piperidine rings is 1. The number of hydrogen-bond acceptors (Lipinski definition) is 2. The fourth-order valence-electron chi connectivity index (χ4n) is 7.13. The minimum absolute atomic E-state index is 0.0552. The molecule has 3 heteroatoms. The van der Waals surface area contributed by atoms with Gasteiger partial charge in [0.1, 0.15) is 0 Å². The molecule has 3 aliphatic rings. The third-order valence-corrected chi connectivity index (χ3v) is 9.15. The summed E-state index contributed by atoms with van der Waals surface area (Å²) in [6.45, 7) is 7.01. The van der Waals surface area contributed by atoms with Crippen LogP contribution in [0, 0.1) is 12.8 Å². The largest absolute Gasteiger partial charge is 0.322 e. The Hall–Kier alpha value is -3.17. The van der Waals surface area contributed by atoms with E-state index in [0.29, 0.717) is 23.4 Å². The molecule has 4 atom stereocenters. The van der Waals surface area contributed by atoms with Crippen LogP contribution in [0.1, 0.15) is 71.1 Å². The second-order valence-electron chi connectivity index (χ2n) is 11.2. The van der Waals surface area contributed by atoms with Gasteiger partial charge in [-0.15, -0.1) is 0 Å². The maximum absolute atomic E-state index is 12.6. The second-order valence-corrected chi connectivity index (χ2v) is 11.2. The highest BCUT2D eigenvalue weighted by atomic mass is 16.1. The van der Waals surface area contributed by atoms with Crippen molar-refractivity contribution in [3.05, 3.63) is 107 Å². The summed E-state index contributed by atoms with van der Waals surface area (Å²) in [5.74, 6) is 1.17. The van der Waals surface area contributed by atoms with Crippen molar-refractivity contribution >= 4 is 17.7 Å². The molecule has 1 spiro atoms. The highest BCUT2D eigenvalue weighted by Crippen LogP contribution is 2.48. The Morgan fingerprint density at radius 1 is 1.00 bits per heavy atom. The fourth-order valence-corrected chi connectivity index (χ4v) is 7.13. The Balaban J connectivity index is 1.10. The van der Waals surface area contributed by atoms with Gasteiger partial charge in [0.15, 0.2) is 0 Å². The molecule has 1 aliphatic heterocycles. The van der Waals surface area contributed by atoms with Crippen LogP contribution in [0.5, 0.6) is 0 Å². The summed E-state index contributed by atoms with van der Waals surface area (Å²) < 4.78 is 0. The Labute approximate surface area is 215 Å². The van der Waals surface area contributed by atoms with Crippen LogP contribution in [0.25, 0.3) is 6.08 Å². The lowest BCUT2D eigenvalue weighted by Gasteiger charge is -2.46. The van der Waals surface area contributed by atoms with E-state index in [4.69, 9.17) is 0 Å². The summed E-state index contributed by atoms with van der Waals surface area (Å²) in [7, 11) is 0. The Bertz CT molecular complexity index is 1300. The molecule has 1 heterocycles. The van der Waals surface area contributed by atoms with Crippen LogP contribution in [0.2, 0.25) is 0 Å². The fraction of sp³-hybridized carbons (Fsp3) is 0.364. The van der Waals surface area contributed by atoms with E-state index in [2.05, 4.69) is 78.7 Å². The second kappa shape index (κ2) is 9.37. The topological polar surface area (TPSA) is 32.3 Å². The van der Waals surface area contributed by atoms with Crippen LogP contribution in [0.4, 0.5) is 5.69 Å². The van der Waals surface area contributed by atoms with Gasteiger partial charge in [-0.25, -0.2) is 0 Å². The lowest BCUT2D eigenvalue weighted by atomic mass is 9.68. The van der Waals surface area contributed by atoms with Gasteiger partial charge in [-0.3, -0.25) is 4.79 Å². The molecular weight excluding hydrogens is 440 g/mol. The number of fused-ring (bicyclic) bond motifs is 2. The highest BCUT2D eigenvalue weighted by molar-refractivity contribution is 6.04. The maximum Gasteiger partial charge on any atom is 0.255 e. The third-order valence-electron chi connectivity index (χ3n) is 9.15. The first kappa shape index (κ1) is 23.2. The smallest absolute Gasteiger partial charge is 0.255 e. The van der Waals surface area contributed by atoms with Gasteiger partial charge in [0.25, 0.3) is 5.91 Å². The summed E-state index contributed by atoms with van der Waals surface area (Å²) in [6.07, 6.45) is 9.84. The van der Waals surface area contributed by atoms with E-state index in [1.807, 2.05) is 30.3 Å². The van der Waals surface area contributed by atoms with Crippen molar-refractivity contribution < 1.29 is 4.79 Å². The van der Waals surface area contributed by atoms with Gasteiger partial charge in [-0.1, -0.05) is 67.6 Å². The van der Waals surface area contributed by atoms with E-state index in [1.165, 1.54) is 61.0 Å². The zero-order chi connectivity index (χ0) is 24.7. The van der Waals surface area contributed by atoms with E-state index in [0.717, 1.165) is 5.69 Å². The first-order chi connectivity index (χ1) is 17.5. The number of likely N-dealkylation sites (tertiary alicyclic amines) is 1. The van der Waals surface area contributed by atoms with E-state index >= 15 is 0 Å². The first-order valence-electron chi connectivity index (χ1n) is 13.5. The van der Waals surface area contributed by atoms with Crippen molar-refractivity contribution in [3.63, 3.8) is 0 Å². The van der Waals surface area contributed by atoms with Crippen LogP contribution in [0.3, 0.4) is 0 Å². The average Bonchev–Trinajstić information content (AvgIpc) is 3.53. The monoisotopic (exact) mass is 476 g/mol. The van der Waals surface area contributed by atoms with E-state index in [-0.39, 0.29) is 11.3 Å². The molecule has 1 saturated carbocycles. The number of nitrogens with one attached hydrogen (secondary N) is 1. The standard InChI is InChI=1S/C33H36N2O/c1-23-20-28(34-32(36)26-9-4-3-5-10-26)13-15-30(23)27-12-14-29(21-27)35-19-18-33(24(2)22-35)17-16-25-8-6-7-11-31(25)33/h3-11,13,15-17,20,24,27,29H,12,14,18-19,21-22H2,1-2H3,(H,34,36)/t24-,27?,29?,33?/m0/s1. The van der Waals surface area contributed by atoms with E-state index in [9.17, 15) is 4.79 Å². The molecule has 1 N–H and O–H groups in total. The van der Waals surface area contributed by atoms with Gasteiger partial charge < -0.3 is 10.2 Å².